The summed E-state index contributed by atoms with van der Waals surface area (Å²) in [4.78, 5) is 34.1. The molecule has 1 aromatic carbocycles. The van der Waals surface area contributed by atoms with Crippen LogP contribution in [0.3, 0.4) is 0 Å². The number of fused-ring (bicyclic) bond motifs is 2. The van der Waals surface area contributed by atoms with Crippen LogP contribution in [0.15, 0.2) is 23.3 Å². The number of esters is 2. The van der Waals surface area contributed by atoms with E-state index in [9.17, 15) is 9.59 Å². The lowest BCUT2D eigenvalue weighted by atomic mass is 9.91. The molecule has 26 heavy (non-hydrogen) atoms. The van der Waals surface area contributed by atoms with Gasteiger partial charge in [-0.2, -0.15) is 0 Å². The van der Waals surface area contributed by atoms with Gasteiger partial charge in [-0.25, -0.2) is 19.6 Å². The second kappa shape index (κ2) is 7.23. The molecule has 0 amide bonds. The van der Waals surface area contributed by atoms with Crippen LogP contribution in [0.2, 0.25) is 0 Å². The fourth-order valence-electron chi connectivity index (χ4n) is 3.04. The van der Waals surface area contributed by atoms with E-state index in [4.69, 9.17) is 19.4 Å². The number of ether oxygens (including phenoxy) is 2. The highest BCUT2D eigenvalue weighted by Crippen LogP contribution is 2.28. The Morgan fingerprint density at radius 3 is 1.58 bits per heavy atom. The van der Waals surface area contributed by atoms with Gasteiger partial charge in [0.1, 0.15) is 0 Å². The molecule has 1 aliphatic carbocycles. The van der Waals surface area contributed by atoms with Crippen molar-refractivity contribution in [1.82, 2.24) is 9.97 Å². The summed E-state index contributed by atoms with van der Waals surface area (Å²) < 4.78 is 10.2. The molecule has 0 aliphatic heterocycles. The molecular formula is C20H22N2O4. The Morgan fingerprint density at radius 1 is 0.846 bits per heavy atom. The Bertz CT molecular complexity index is 857. The van der Waals surface area contributed by atoms with Crippen LogP contribution in [0.1, 0.15) is 36.4 Å². The molecule has 6 nitrogen and oxygen atoms in total. The monoisotopic (exact) mass is 354 g/mol. The number of hydrogen-bond acceptors (Lipinski definition) is 6. The van der Waals surface area contributed by atoms with Gasteiger partial charge in [-0.15, -0.1) is 0 Å². The molecule has 0 radical (unpaired) electrons. The molecule has 0 spiro atoms. The first kappa shape index (κ1) is 18.0. The molecule has 0 fully saturated rings. The van der Waals surface area contributed by atoms with E-state index in [1.165, 1.54) is 0 Å². The van der Waals surface area contributed by atoms with E-state index in [1.54, 1.807) is 13.8 Å². The summed E-state index contributed by atoms with van der Waals surface area (Å²) in [6.45, 7) is 8.01. The summed E-state index contributed by atoms with van der Waals surface area (Å²) in [6.07, 6.45) is 0.441. The third-order valence-electron chi connectivity index (χ3n) is 4.53. The van der Waals surface area contributed by atoms with Gasteiger partial charge in [-0.1, -0.05) is 0 Å². The smallest absolute Gasteiger partial charge is 0.334 e. The van der Waals surface area contributed by atoms with Gasteiger partial charge < -0.3 is 9.47 Å². The normalized spacial score (nSPS) is 13.5. The highest BCUT2D eigenvalue weighted by molar-refractivity contribution is 6.01. The Hall–Kier alpha value is -2.76. The van der Waals surface area contributed by atoms with Crippen molar-refractivity contribution in [2.24, 2.45) is 0 Å². The fourth-order valence-corrected chi connectivity index (χ4v) is 3.04. The summed E-state index contributed by atoms with van der Waals surface area (Å²) >= 11 is 0. The van der Waals surface area contributed by atoms with E-state index in [1.807, 2.05) is 26.0 Å². The number of carbonyl (C=O) groups excluding carboxylic acids is 2. The van der Waals surface area contributed by atoms with E-state index in [2.05, 4.69) is 0 Å². The molecule has 0 bridgehead atoms. The van der Waals surface area contributed by atoms with Crippen LogP contribution in [0.4, 0.5) is 0 Å². The largest absolute Gasteiger partial charge is 0.463 e. The van der Waals surface area contributed by atoms with Crippen molar-refractivity contribution >= 4 is 23.0 Å². The van der Waals surface area contributed by atoms with Gasteiger partial charge in [-0.05, 0) is 51.0 Å². The summed E-state index contributed by atoms with van der Waals surface area (Å²) in [5, 5.41) is 0. The van der Waals surface area contributed by atoms with Crippen LogP contribution in [0.25, 0.3) is 11.0 Å². The lowest BCUT2D eigenvalue weighted by Gasteiger charge is -2.20. The zero-order valence-corrected chi connectivity index (χ0v) is 15.5. The maximum Gasteiger partial charge on any atom is 0.334 e. The van der Waals surface area contributed by atoms with Crippen molar-refractivity contribution in [3.05, 3.63) is 45.8 Å². The second-order valence-corrected chi connectivity index (χ2v) is 6.29. The van der Waals surface area contributed by atoms with Crippen molar-refractivity contribution in [2.45, 2.75) is 40.5 Å². The fraction of sp³-hybridized carbons (Fsp3) is 0.400. The number of nitrogens with zero attached hydrogens (tertiary/aromatic N) is 2. The van der Waals surface area contributed by atoms with Crippen LogP contribution in [-0.4, -0.2) is 35.1 Å². The van der Waals surface area contributed by atoms with Crippen molar-refractivity contribution in [3.63, 3.8) is 0 Å². The molecule has 1 aliphatic rings. The quantitative estimate of drug-likeness (QED) is 0.786. The van der Waals surface area contributed by atoms with Crippen molar-refractivity contribution in [3.8, 4) is 0 Å². The van der Waals surface area contributed by atoms with E-state index in [0.29, 0.717) is 22.5 Å². The van der Waals surface area contributed by atoms with Gasteiger partial charge >= 0.3 is 11.9 Å². The average Bonchev–Trinajstić information content (AvgIpc) is 2.60. The molecule has 0 unspecified atom stereocenters. The first-order valence-corrected chi connectivity index (χ1v) is 8.77. The van der Waals surface area contributed by atoms with Crippen molar-refractivity contribution in [2.75, 3.05) is 13.2 Å². The third kappa shape index (κ3) is 3.31. The number of benzene rings is 1. The van der Waals surface area contributed by atoms with E-state index in [0.717, 1.165) is 22.2 Å². The summed E-state index contributed by atoms with van der Waals surface area (Å²) in [7, 11) is 0. The van der Waals surface area contributed by atoms with Gasteiger partial charge in [0.05, 0.1) is 46.8 Å². The maximum atomic E-state index is 12.4. The molecule has 1 heterocycles. The summed E-state index contributed by atoms with van der Waals surface area (Å²) in [5.41, 5.74) is 5.88. The molecule has 0 saturated carbocycles. The van der Waals surface area contributed by atoms with Gasteiger partial charge in [0.25, 0.3) is 0 Å². The lowest BCUT2D eigenvalue weighted by Crippen LogP contribution is -2.25. The van der Waals surface area contributed by atoms with Crippen LogP contribution in [0.5, 0.6) is 0 Å². The highest BCUT2D eigenvalue weighted by Gasteiger charge is 2.30. The molecule has 0 atom stereocenters. The Balaban J connectivity index is 2.09. The molecule has 1 aromatic heterocycles. The molecule has 2 aromatic rings. The zero-order chi connectivity index (χ0) is 18.8. The Kier molecular flexibility index (Phi) is 5.02. The van der Waals surface area contributed by atoms with Gasteiger partial charge in [0.2, 0.25) is 0 Å². The molecular weight excluding hydrogens is 332 g/mol. The first-order valence-electron chi connectivity index (χ1n) is 8.77. The predicted molar refractivity (Wildman–Crippen MR) is 96.7 cm³/mol. The van der Waals surface area contributed by atoms with E-state index < -0.39 is 11.9 Å². The number of hydrogen-bond donors (Lipinski definition) is 0. The molecule has 3 rings (SSSR count). The Morgan fingerprint density at radius 2 is 1.23 bits per heavy atom. The minimum absolute atomic E-state index is 0.220. The van der Waals surface area contributed by atoms with Gasteiger partial charge in [-0.3, -0.25) is 0 Å². The average molecular weight is 354 g/mol. The topological polar surface area (TPSA) is 78.4 Å². The SMILES string of the molecule is CCOC(=O)C1=C(C(=O)OCC)Cc2nc3cc(C)c(C)cc3nc2C1. The van der Waals surface area contributed by atoms with Crippen LogP contribution >= 0.6 is 0 Å². The molecule has 0 saturated heterocycles. The second-order valence-electron chi connectivity index (χ2n) is 6.29. The number of rotatable bonds is 4. The van der Waals surface area contributed by atoms with Gasteiger partial charge in [0.15, 0.2) is 0 Å². The van der Waals surface area contributed by atoms with Crippen LogP contribution in [-0.2, 0) is 31.9 Å². The highest BCUT2D eigenvalue weighted by atomic mass is 16.5. The molecule has 6 heteroatoms. The molecule has 0 N–H and O–H groups in total. The van der Waals surface area contributed by atoms with Gasteiger partial charge in [0, 0.05) is 12.8 Å². The first-order chi connectivity index (χ1) is 12.4. The third-order valence-corrected chi connectivity index (χ3v) is 4.53. The minimum atomic E-state index is -0.497. The lowest BCUT2D eigenvalue weighted by molar-refractivity contribution is -0.142. The zero-order valence-electron chi connectivity index (χ0n) is 15.5. The number of aryl methyl sites for hydroxylation is 2. The van der Waals surface area contributed by atoms with Crippen molar-refractivity contribution in [1.29, 1.82) is 0 Å². The maximum absolute atomic E-state index is 12.4. The number of aromatic nitrogens is 2. The van der Waals surface area contributed by atoms with Crippen LogP contribution in [0, 0.1) is 13.8 Å². The van der Waals surface area contributed by atoms with E-state index >= 15 is 0 Å². The van der Waals surface area contributed by atoms with E-state index in [-0.39, 0.29) is 26.1 Å². The number of carbonyl (C=O) groups is 2. The Labute approximate surface area is 152 Å². The predicted octanol–water partition coefficient (Wildman–Crippen LogP) is 2.77. The van der Waals surface area contributed by atoms with Crippen molar-refractivity contribution < 1.29 is 19.1 Å². The van der Waals surface area contributed by atoms with Crippen LogP contribution < -0.4 is 0 Å². The minimum Gasteiger partial charge on any atom is -0.463 e. The standard InChI is InChI=1S/C20H22N2O4/c1-5-25-19(23)13-9-17-18(10-14(13)20(24)26-6-2)22-16-8-12(4)11(3)7-15(16)21-17/h7-8H,5-6,9-10H2,1-4H3. The summed E-state index contributed by atoms with van der Waals surface area (Å²) in [5.74, 6) is -0.994. The summed E-state index contributed by atoms with van der Waals surface area (Å²) in [6, 6.07) is 3.99. The molecule has 136 valence electrons.